The molecule has 8 nitrogen and oxygen atoms in total. The van der Waals surface area contributed by atoms with Gasteiger partial charge in [0.05, 0.1) is 46.4 Å². The fourth-order valence-corrected chi connectivity index (χ4v) is 6.04. The van der Waals surface area contributed by atoms with Crippen LogP contribution in [0.25, 0.3) is 0 Å². The van der Waals surface area contributed by atoms with Crippen LogP contribution in [0.4, 0.5) is 11.4 Å². The van der Waals surface area contributed by atoms with Crippen LogP contribution in [-0.2, 0) is 16.1 Å². The molecular weight excluding hydrogens is 388 g/mol. The second-order valence-electron chi connectivity index (χ2n) is 8.40. The standard InChI is InChI=1S/C22H18N2O6/c25-23(26)12-6-5-11(17(9-12)24(27)28)10-29-20-15-7-8-16(20)19-18(15)21-13-3-1-2-4-14(13)22(19)30-21/h1-9,15-16,18-22H,10H2/t15-,16-,18+,19+,21-,22-/m0/s1. The molecule has 0 aromatic heterocycles. The van der Waals surface area contributed by atoms with Gasteiger partial charge in [0.15, 0.2) is 0 Å². The van der Waals surface area contributed by atoms with Gasteiger partial charge in [-0.3, -0.25) is 20.2 Å². The van der Waals surface area contributed by atoms with E-state index in [9.17, 15) is 20.2 Å². The van der Waals surface area contributed by atoms with Crippen molar-refractivity contribution in [1.29, 1.82) is 0 Å². The summed E-state index contributed by atoms with van der Waals surface area (Å²) in [6.07, 6.45) is 4.51. The highest BCUT2D eigenvalue weighted by Crippen LogP contribution is 2.68. The highest BCUT2D eigenvalue weighted by Gasteiger charge is 2.65. The number of non-ortho nitro benzene ring substituents is 1. The summed E-state index contributed by atoms with van der Waals surface area (Å²) in [6, 6.07) is 12.1. The molecule has 30 heavy (non-hydrogen) atoms. The summed E-state index contributed by atoms with van der Waals surface area (Å²) in [5.74, 6) is 1.13. The SMILES string of the molecule is O=[N+]([O-])c1ccc(COC2[C@H]3C=C[C@H]2[C@@H]2[C@@H]3[C@H]3O[C@H]2c2ccccc23)c([N+](=O)[O-])c1. The van der Waals surface area contributed by atoms with Gasteiger partial charge in [-0.2, -0.15) is 0 Å². The Morgan fingerprint density at radius 1 is 0.900 bits per heavy atom. The van der Waals surface area contributed by atoms with Gasteiger partial charge < -0.3 is 9.47 Å². The van der Waals surface area contributed by atoms with Crippen LogP contribution in [0.3, 0.4) is 0 Å². The Morgan fingerprint density at radius 2 is 1.53 bits per heavy atom. The number of hydrogen-bond acceptors (Lipinski definition) is 6. The number of hydrogen-bond donors (Lipinski definition) is 0. The number of nitrogens with zero attached hydrogens (tertiary/aromatic N) is 2. The summed E-state index contributed by atoms with van der Waals surface area (Å²) in [7, 11) is 0. The molecule has 2 aromatic rings. The molecule has 1 saturated heterocycles. The van der Waals surface area contributed by atoms with E-state index in [1.807, 2.05) is 12.1 Å². The van der Waals surface area contributed by atoms with E-state index in [1.54, 1.807) is 0 Å². The van der Waals surface area contributed by atoms with Gasteiger partial charge in [-0.1, -0.05) is 36.4 Å². The number of nitro benzene ring substituents is 2. The van der Waals surface area contributed by atoms with Crippen molar-refractivity contribution in [2.24, 2.45) is 23.7 Å². The van der Waals surface area contributed by atoms with Crippen LogP contribution < -0.4 is 0 Å². The summed E-state index contributed by atoms with van der Waals surface area (Å²) < 4.78 is 12.6. The van der Waals surface area contributed by atoms with E-state index >= 15 is 0 Å². The fourth-order valence-electron chi connectivity index (χ4n) is 6.04. The van der Waals surface area contributed by atoms with Crippen molar-refractivity contribution in [2.75, 3.05) is 0 Å². The average molecular weight is 406 g/mol. The highest BCUT2D eigenvalue weighted by atomic mass is 16.6. The number of benzene rings is 2. The van der Waals surface area contributed by atoms with Gasteiger partial charge in [0.1, 0.15) is 0 Å². The smallest absolute Gasteiger partial charge is 0.281 e. The van der Waals surface area contributed by atoms with Gasteiger partial charge in [-0.15, -0.1) is 0 Å². The lowest BCUT2D eigenvalue weighted by Crippen LogP contribution is -2.25. The largest absolute Gasteiger partial charge is 0.372 e. The van der Waals surface area contributed by atoms with Crippen molar-refractivity contribution < 1.29 is 19.3 Å². The van der Waals surface area contributed by atoms with Crippen molar-refractivity contribution in [3.63, 3.8) is 0 Å². The number of nitro groups is 2. The van der Waals surface area contributed by atoms with Crippen molar-refractivity contribution in [3.05, 3.63) is 91.5 Å². The van der Waals surface area contributed by atoms with Gasteiger partial charge >= 0.3 is 0 Å². The van der Waals surface area contributed by atoms with E-state index in [0.717, 1.165) is 6.07 Å². The molecular formula is C22H18N2O6. The minimum Gasteiger partial charge on any atom is -0.372 e. The predicted octanol–water partition coefficient (Wildman–Crippen LogP) is 4.26. The predicted molar refractivity (Wildman–Crippen MR) is 104 cm³/mol. The molecule has 0 unspecified atom stereocenters. The van der Waals surface area contributed by atoms with Crippen LogP contribution in [0.5, 0.6) is 0 Å². The third kappa shape index (κ3) is 2.28. The molecule has 2 fully saturated rings. The molecule has 4 aliphatic rings. The van der Waals surface area contributed by atoms with Crippen LogP contribution in [-0.4, -0.2) is 16.0 Å². The molecule has 8 heteroatoms. The molecule has 0 amide bonds. The first-order valence-corrected chi connectivity index (χ1v) is 10.0. The lowest BCUT2D eigenvalue weighted by atomic mass is 9.71. The Bertz CT molecular complexity index is 1070. The van der Waals surface area contributed by atoms with Crippen molar-refractivity contribution >= 4 is 11.4 Å². The fraction of sp³-hybridized carbons (Fsp3) is 0.364. The van der Waals surface area contributed by atoms with Gasteiger partial charge in [-0.25, -0.2) is 0 Å². The van der Waals surface area contributed by atoms with E-state index < -0.39 is 9.85 Å². The molecule has 0 spiro atoms. The quantitative estimate of drug-likeness (QED) is 0.417. The molecule has 2 aliphatic carbocycles. The van der Waals surface area contributed by atoms with Crippen molar-refractivity contribution in [3.8, 4) is 0 Å². The lowest BCUT2D eigenvalue weighted by molar-refractivity contribution is -0.394. The Labute approximate surface area is 171 Å². The molecule has 2 heterocycles. The first kappa shape index (κ1) is 17.7. The monoisotopic (exact) mass is 406 g/mol. The van der Waals surface area contributed by atoms with E-state index in [0.29, 0.717) is 17.4 Å². The Kier molecular flexibility index (Phi) is 3.66. The van der Waals surface area contributed by atoms with Crippen molar-refractivity contribution in [1.82, 2.24) is 0 Å². The number of fused-ring (bicyclic) bond motifs is 12. The first-order valence-electron chi connectivity index (χ1n) is 10.0. The van der Waals surface area contributed by atoms with Crippen LogP contribution in [0.2, 0.25) is 0 Å². The summed E-state index contributed by atoms with van der Waals surface area (Å²) in [6.45, 7) is 0.0518. The second kappa shape index (κ2) is 6.20. The summed E-state index contributed by atoms with van der Waals surface area (Å²) in [5.41, 5.74) is 2.32. The molecule has 6 atom stereocenters. The van der Waals surface area contributed by atoms with Gasteiger partial charge in [-0.05, 0) is 17.2 Å². The topological polar surface area (TPSA) is 105 Å². The van der Waals surface area contributed by atoms with Gasteiger partial charge in [0.2, 0.25) is 0 Å². The zero-order valence-corrected chi connectivity index (χ0v) is 15.8. The molecule has 6 rings (SSSR count). The molecule has 2 aromatic carbocycles. The maximum atomic E-state index is 11.4. The number of rotatable bonds is 5. The zero-order valence-electron chi connectivity index (χ0n) is 15.8. The van der Waals surface area contributed by atoms with Crippen molar-refractivity contribution in [2.45, 2.75) is 24.9 Å². The molecule has 0 N–H and O–H groups in total. The summed E-state index contributed by atoms with van der Waals surface area (Å²) in [5, 5.41) is 22.4. The molecule has 152 valence electrons. The Hall–Kier alpha value is -3.10. The van der Waals surface area contributed by atoms with E-state index in [4.69, 9.17) is 9.47 Å². The third-order valence-electron chi connectivity index (χ3n) is 7.16. The summed E-state index contributed by atoms with van der Waals surface area (Å²) in [4.78, 5) is 21.1. The van der Waals surface area contributed by atoms with E-state index in [-0.39, 0.29) is 48.1 Å². The van der Waals surface area contributed by atoms with Crippen LogP contribution in [0.15, 0.2) is 54.6 Å². The molecule has 2 aliphatic heterocycles. The Balaban J connectivity index is 1.25. The third-order valence-corrected chi connectivity index (χ3v) is 7.16. The van der Waals surface area contributed by atoms with Gasteiger partial charge in [0.25, 0.3) is 11.4 Å². The second-order valence-corrected chi connectivity index (χ2v) is 8.40. The maximum absolute atomic E-state index is 11.4. The van der Waals surface area contributed by atoms with E-state index in [2.05, 4.69) is 24.3 Å². The first-order chi connectivity index (χ1) is 14.5. The molecule has 1 saturated carbocycles. The lowest BCUT2D eigenvalue weighted by Gasteiger charge is -2.29. The minimum atomic E-state index is -0.632. The molecule has 4 bridgehead atoms. The average Bonchev–Trinajstić information content (AvgIpc) is 3.49. The van der Waals surface area contributed by atoms with Gasteiger partial charge in [0, 0.05) is 29.7 Å². The van der Waals surface area contributed by atoms with Crippen LogP contribution >= 0.6 is 0 Å². The Morgan fingerprint density at radius 3 is 2.10 bits per heavy atom. The highest BCUT2D eigenvalue weighted by molar-refractivity contribution is 5.49. The minimum absolute atomic E-state index is 0.0518. The van der Waals surface area contributed by atoms with Crippen LogP contribution in [0, 0.1) is 43.9 Å². The summed E-state index contributed by atoms with van der Waals surface area (Å²) >= 11 is 0. The molecule has 0 radical (unpaired) electrons. The zero-order chi connectivity index (χ0) is 20.6. The van der Waals surface area contributed by atoms with Crippen LogP contribution in [0.1, 0.15) is 28.9 Å². The van der Waals surface area contributed by atoms with E-state index in [1.165, 1.54) is 23.3 Å². The normalized spacial score (nSPS) is 34.2. The maximum Gasteiger partial charge on any atom is 0.281 e. The number of ether oxygens (including phenoxy) is 2.